The molecule has 2 aromatic carbocycles. The van der Waals surface area contributed by atoms with E-state index in [9.17, 15) is 18.0 Å². The summed E-state index contributed by atoms with van der Waals surface area (Å²) in [6.07, 6.45) is -2.54. The van der Waals surface area contributed by atoms with Gasteiger partial charge < -0.3 is 14.5 Å². The molecule has 2 aliphatic rings. The Hall–Kier alpha value is -2.58. The normalized spacial score (nSPS) is 20.9. The Morgan fingerprint density at radius 3 is 2.33 bits per heavy atom. The Morgan fingerprint density at radius 2 is 1.75 bits per heavy atom. The van der Waals surface area contributed by atoms with Crippen LogP contribution >= 0.6 is 0 Å². The van der Waals surface area contributed by atoms with E-state index in [1.165, 1.54) is 23.3 Å². The van der Waals surface area contributed by atoms with Gasteiger partial charge in [-0.15, -0.1) is 0 Å². The fourth-order valence-electron chi connectivity index (χ4n) is 5.56. The summed E-state index contributed by atoms with van der Waals surface area (Å²) in [6, 6.07) is 9.28. The van der Waals surface area contributed by atoms with Crippen molar-refractivity contribution in [2.45, 2.75) is 57.9 Å². The van der Waals surface area contributed by atoms with Crippen molar-refractivity contribution in [3.05, 3.63) is 64.2 Å². The van der Waals surface area contributed by atoms with E-state index in [2.05, 4.69) is 56.8 Å². The molecule has 1 amide bonds. The minimum Gasteiger partial charge on any atom is -0.493 e. The monoisotopic (exact) mass is 503 g/mol. The van der Waals surface area contributed by atoms with E-state index in [1.54, 1.807) is 0 Å². The summed E-state index contributed by atoms with van der Waals surface area (Å²) in [7, 11) is 4.11. The first-order valence-corrected chi connectivity index (χ1v) is 12.6. The van der Waals surface area contributed by atoms with Gasteiger partial charge >= 0.3 is 6.18 Å². The summed E-state index contributed by atoms with van der Waals surface area (Å²) in [5.74, 6) is 0.741. The van der Waals surface area contributed by atoms with Gasteiger partial charge in [0.15, 0.2) is 0 Å². The van der Waals surface area contributed by atoms with Crippen LogP contribution in [0.15, 0.2) is 36.4 Å². The Labute approximate surface area is 211 Å². The smallest absolute Gasteiger partial charge is 0.416 e. The maximum absolute atomic E-state index is 13.0. The lowest BCUT2D eigenvalue weighted by Crippen LogP contribution is -2.49. The highest BCUT2D eigenvalue weighted by Crippen LogP contribution is 2.39. The van der Waals surface area contributed by atoms with Crippen LogP contribution in [0.3, 0.4) is 0 Å². The maximum Gasteiger partial charge on any atom is 0.416 e. The summed E-state index contributed by atoms with van der Waals surface area (Å²) >= 11 is 0. The molecule has 0 spiro atoms. The van der Waals surface area contributed by atoms with Crippen LogP contribution in [0.2, 0.25) is 0 Å². The fraction of sp³-hybridized carbons (Fsp3) is 0.536. The van der Waals surface area contributed by atoms with E-state index in [0.717, 1.165) is 49.4 Å². The third-order valence-electron chi connectivity index (χ3n) is 7.74. The molecule has 2 bridgehead atoms. The van der Waals surface area contributed by atoms with Crippen molar-refractivity contribution >= 4 is 5.91 Å². The van der Waals surface area contributed by atoms with E-state index < -0.39 is 11.7 Å². The molecule has 0 N–H and O–H groups in total. The number of likely N-dealkylation sites (tertiary alicyclic amines) is 2. The summed E-state index contributed by atoms with van der Waals surface area (Å²) < 4.78 is 44.6. The number of benzene rings is 2. The van der Waals surface area contributed by atoms with Crippen LogP contribution < -0.4 is 4.74 Å². The molecule has 0 aromatic heterocycles. The van der Waals surface area contributed by atoms with Gasteiger partial charge in [-0.2, -0.15) is 13.2 Å². The fourth-order valence-corrected chi connectivity index (χ4v) is 5.56. The first kappa shape index (κ1) is 26.5. The minimum atomic E-state index is -4.40. The summed E-state index contributed by atoms with van der Waals surface area (Å²) in [6.45, 7) is 9.49. The zero-order valence-corrected chi connectivity index (χ0v) is 21.7. The largest absolute Gasteiger partial charge is 0.493 e. The van der Waals surface area contributed by atoms with Gasteiger partial charge in [0, 0.05) is 43.3 Å². The van der Waals surface area contributed by atoms with Crippen LogP contribution in [0.5, 0.6) is 5.75 Å². The molecule has 0 saturated carbocycles. The quantitative estimate of drug-likeness (QED) is 0.458. The lowest BCUT2D eigenvalue weighted by molar-refractivity contribution is -0.137. The third-order valence-corrected chi connectivity index (χ3v) is 7.74. The number of rotatable bonds is 8. The number of nitrogens with zero attached hydrogens (tertiary/aromatic N) is 3. The van der Waals surface area contributed by atoms with Gasteiger partial charge in [-0.25, -0.2) is 0 Å². The molecule has 2 heterocycles. The van der Waals surface area contributed by atoms with E-state index in [-0.39, 0.29) is 24.0 Å². The van der Waals surface area contributed by atoms with Gasteiger partial charge in [-0.05, 0) is 94.7 Å². The zero-order valence-electron chi connectivity index (χ0n) is 21.7. The average molecular weight is 504 g/mol. The van der Waals surface area contributed by atoms with Gasteiger partial charge in [0.25, 0.3) is 5.91 Å². The molecule has 36 heavy (non-hydrogen) atoms. The standard InChI is InChI=1S/C28H36F3N3O2/c1-18-19(2)26(36-14-6-13-32(4)5)12-11-25(18)20(3)33-16-24-15-23(33)17-34(24)27(35)21-7-9-22(10-8-21)28(29,30)31/h7-12,20,23-24H,6,13-17H2,1-5H3/t20-,23+,24+/m0/s1. The molecule has 2 saturated heterocycles. The first-order valence-electron chi connectivity index (χ1n) is 12.6. The molecule has 8 heteroatoms. The van der Waals surface area contributed by atoms with Crippen LogP contribution in [0.25, 0.3) is 0 Å². The second-order valence-electron chi connectivity index (χ2n) is 10.4. The summed E-state index contributed by atoms with van der Waals surface area (Å²) in [4.78, 5) is 19.5. The number of carbonyl (C=O) groups is 1. The number of carbonyl (C=O) groups excluding carboxylic acids is 1. The second-order valence-corrected chi connectivity index (χ2v) is 10.4. The molecule has 2 aromatic rings. The molecular formula is C28H36F3N3O2. The Balaban J connectivity index is 1.39. The Morgan fingerprint density at radius 1 is 1.06 bits per heavy atom. The van der Waals surface area contributed by atoms with E-state index in [0.29, 0.717) is 18.7 Å². The molecule has 0 unspecified atom stereocenters. The van der Waals surface area contributed by atoms with Crippen LogP contribution in [-0.4, -0.2) is 73.0 Å². The van der Waals surface area contributed by atoms with Crippen LogP contribution in [-0.2, 0) is 6.18 Å². The second kappa shape index (κ2) is 10.4. The molecule has 0 aliphatic carbocycles. The number of amides is 1. The highest BCUT2D eigenvalue weighted by atomic mass is 19.4. The zero-order chi connectivity index (χ0) is 26.2. The van der Waals surface area contributed by atoms with Crippen molar-refractivity contribution < 1.29 is 22.7 Å². The van der Waals surface area contributed by atoms with Crippen LogP contribution in [0.1, 0.15) is 58.4 Å². The molecule has 4 rings (SSSR count). The molecule has 196 valence electrons. The van der Waals surface area contributed by atoms with Gasteiger partial charge in [0.2, 0.25) is 0 Å². The Bertz CT molecular complexity index is 1080. The minimum absolute atomic E-state index is 0.0768. The summed E-state index contributed by atoms with van der Waals surface area (Å²) in [5.41, 5.74) is 3.22. The van der Waals surface area contributed by atoms with Crippen molar-refractivity contribution in [2.75, 3.05) is 40.3 Å². The number of ether oxygens (including phenoxy) is 1. The highest BCUT2D eigenvalue weighted by Gasteiger charge is 2.47. The average Bonchev–Trinajstić information content (AvgIpc) is 3.44. The van der Waals surface area contributed by atoms with Gasteiger partial charge in [-0.1, -0.05) is 6.07 Å². The predicted octanol–water partition coefficient (Wildman–Crippen LogP) is 5.31. The van der Waals surface area contributed by atoms with Gasteiger partial charge in [0.05, 0.1) is 12.2 Å². The lowest BCUT2D eigenvalue weighted by Gasteiger charge is -2.38. The van der Waals surface area contributed by atoms with Crippen molar-refractivity contribution in [1.82, 2.24) is 14.7 Å². The maximum atomic E-state index is 13.0. The van der Waals surface area contributed by atoms with Crippen molar-refractivity contribution in [3.63, 3.8) is 0 Å². The number of halogens is 3. The van der Waals surface area contributed by atoms with Crippen molar-refractivity contribution in [1.29, 1.82) is 0 Å². The molecule has 2 aliphatic heterocycles. The molecule has 0 radical (unpaired) electrons. The highest BCUT2D eigenvalue weighted by molar-refractivity contribution is 5.94. The van der Waals surface area contributed by atoms with Gasteiger partial charge in [-0.3, -0.25) is 9.69 Å². The van der Waals surface area contributed by atoms with Crippen LogP contribution in [0.4, 0.5) is 13.2 Å². The summed E-state index contributed by atoms with van der Waals surface area (Å²) in [5, 5.41) is 0. The van der Waals surface area contributed by atoms with Crippen molar-refractivity contribution in [2.24, 2.45) is 0 Å². The predicted molar refractivity (Wildman–Crippen MR) is 134 cm³/mol. The Kier molecular flexibility index (Phi) is 7.67. The number of hydrogen-bond acceptors (Lipinski definition) is 4. The van der Waals surface area contributed by atoms with Crippen molar-refractivity contribution in [3.8, 4) is 5.75 Å². The number of hydrogen-bond donors (Lipinski definition) is 0. The SMILES string of the molecule is Cc1c(OCCCN(C)C)ccc([C@H](C)N2C[C@H]3C[C@@H]2CN3C(=O)c2ccc(C(F)(F)F)cc2)c1C. The number of piperazine rings is 1. The van der Waals surface area contributed by atoms with E-state index in [4.69, 9.17) is 4.74 Å². The van der Waals surface area contributed by atoms with E-state index >= 15 is 0 Å². The van der Waals surface area contributed by atoms with Crippen LogP contribution in [0, 0.1) is 13.8 Å². The topological polar surface area (TPSA) is 36.0 Å². The molecule has 5 nitrogen and oxygen atoms in total. The van der Waals surface area contributed by atoms with E-state index in [1.807, 2.05) is 4.90 Å². The first-order chi connectivity index (χ1) is 17.0. The van der Waals surface area contributed by atoms with Gasteiger partial charge in [0.1, 0.15) is 5.75 Å². The molecule has 3 atom stereocenters. The lowest BCUT2D eigenvalue weighted by atomic mass is 9.96. The third kappa shape index (κ3) is 5.39. The number of alkyl halides is 3. The molecular weight excluding hydrogens is 467 g/mol. The molecule has 2 fully saturated rings. The number of fused-ring (bicyclic) bond motifs is 2.